The number of thioether (sulfide) groups is 1. The van der Waals surface area contributed by atoms with Gasteiger partial charge in [0.05, 0.1) is 6.61 Å². The molecule has 0 aliphatic carbocycles. The number of nitrogens with one attached hydrogen (secondary N) is 2. The van der Waals surface area contributed by atoms with E-state index in [0.29, 0.717) is 12.1 Å². The molecule has 2 rings (SSSR count). The molecule has 3 N–H and O–H groups in total. The number of carbonyl (C=O) groups is 1. The molecule has 0 radical (unpaired) electrons. The molecule has 4 nitrogen and oxygen atoms in total. The van der Waals surface area contributed by atoms with E-state index in [0.717, 1.165) is 11.3 Å². The summed E-state index contributed by atoms with van der Waals surface area (Å²) < 4.78 is 0. The standard InChI is InChI=1S/C18H22N2O2S/c1-13-16(18(22)19-10-11-21)4-3-5-17(13)20-12-14-6-8-15(23-2)9-7-14/h3-9,20-21H,10-12H2,1-2H3,(H,19,22). The molecule has 0 aliphatic rings. The van der Waals surface area contributed by atoms with Crippen LogP contribution in [0, 0.1) is 6.92 Å². The minimum absolute atomic E-state index is 0.0607. The predicted molar refractivity (Wildman–Crippen MR) is 96.1 cm³/mol. The SMILES string of the molecule is CSc1ccc(CNc2cccc(C(=O)NCCO)c2C)cc1. The molecule has 5 heteroatoms. The van der Waals surface area contributed by atoms with Gasteiger partial charge in [-0.3, -0.25) is 4.79 Å². The Hall–Kier alpha value is -1.98. The van der Waals surface area contributed by atoms with Crippen LogP contribution in [0.1, 0.15) is 21.5 Å². The number of aliphatic hydroxyl groups is 1. The fraction of sp³-hybridized carbons (Fsp3) is 0.278. The molecule has 1 amide bonds. The number of carbonyl (C=O) groups excluding carboxylic acids is 1. The molecule has 0 saturated carbocycles. The number of benzene rings is 2. The number of anilines is 1. The van der Waals surface area contributed by atoms with Gasteiger partial charge in [0.25, 0.3) is 5.91 Å². The van der Waals surface area contributed by atoms with Gasteiger partial charge in [0.2, 0.25) is 0 Å². The summed E-state index contributed by atoms with van der Waals surface area (Å²) in [6, 6.07) is 14.0. The Morgan fingerprint density at radius 1 is 1.17 bits per heavy atom. The molecule has 0 fully saturated rings. The van der Waals surface area contributed by atoms with Crippen molar-refractivity contribution in [1.82, 2.24) is 5.32 Å². The van der Waals surface area contributed by atoms with Gasteiger partial charge < -0.3 is 15.7 Å². The van der Waals surface area contributed by atoms with Crippen molar-refractivity contribution in [3.05, 3.63) is 59.2 Å². The van der Waals surface area contributed by atoms with E-state index in [1.165, 1.54) is 10.5 Å². The monoisotopic (exact) mass is 330 g/mol. The molecule has 0 aliphatic heterocycles. The van der Waals surface area contributed by atoms with Gasteiger partial charge in [-0.2, -0.15) is 0 Å². The van der Waals surface area contributed by atoms with Crippen molar-refractivity contribution in [2.24, 2.45) is 0 Å². The number of hydrogen-bond donors (Lipinski definition) is 3. The fourth-order valence-electron chi connectivity index (χ4n) is 2.28. The molecule has 0 atom stereocenters. The molecule has 23 heavy (non-hydrogen) atoms. The highest BCUT2D eigenvalue weighted by Gasteiger charge is 2.10. The zero-order valence-electron chi connectivity index (χ0n) is 13.4. The van der Waals surface area contributed by atoms with Crippen LogP contribution in [0.4, 0.5) is 5.69 Å². The summed E-state index contributed by atoms with van der Waals surface area (Å²) in [7, 11) is 0. The molecule has 0 saturated heterocycles. The van der Waals surface area contributed by atoms with Gasteiger partial charge in [0, 0.05) is 29.2 Å². The topological polar surface area (TPSA) is 61.4 Å². The molecule has 0 spiro atoms. The average molecular weight is 330 g/mol. The van der Waals surface area contributed by atoms with E-state index in [2.05, 4.69) is 41.2 Å². The first-order valence-corrected chi connectivity index (χ1v) is 8.73. The van der Waals surface area contributed by atoms with Crippen molar-refractivity contribution in [2.75, 3.05) is 24.7 Å². The lowest BCUT2D eigenvalue weighted by atomic mass is 10.1. The summed E-state index contributed by atoms with van der Waals surface area (Å²) in [4.78, 5) is 13.3. The highest BCUT2D eigenvalue weighted by atomic mass is 32.2. The maximum Gasteiger partial charge on any atom is 0.251 e. The second kappa shape index (κ2) is 8.60. The molecular weight excluding hydrogens is 308 g/mol. The number of hydrogen-bond acceptors (Lipinski definition) is 4. The second-order valence-corrected chi connectivity index (χ2v) is 6.04. The lowest BCUT2D eigenvalue weighted by Crippen LogP contribution is -2.27. The third kappa shape index (κ3) is 4.74. The number of rotatable bonds is 7. The summed E-state index contributed by atoms with van der Waals surface area (Å²) in [5.74, 6) is -0.162. The third-order valence-corrected chi connectivity index (χ3v) is 4.36. The number of aliphatic hydroxyl groups excluding tert-OH is 1. The van der Waals surface area contributed by atoms with Crippen molar-refractivity contribution < 1.29 is 9.90 Å². The zero-order valence-corrected chi connectivity index (χ0v) is 14.2. The van der Waals surface area contributed by atoms with Gasteiger partial charge in [-0.05, 0) is 48.6 Å². The Labute approximate surface area is 141 Å². The average Bonchev–Trinajstić information content (AvgIpc) is 2.59. The highest BCUT2D eigenvalue weighted by Crippen LogP contribution is 2.20. The molecule has 2 aromatic rings. The smallest absolute Gasteiger partial charge is 0.251 e. The summed E-state index contributed by atoms with van der Waals surface area (Å²) in [5.41, 5.74) is 3.66. The van der Waals surface area contributed by atoms with E-state index in [4.69, 9.17) is 5.11 Å². The quantitative estimate of drug-likeness (QED) is 0.683. The molecule has 0 bridgehead atoms. The minimum atomic E-state index is -0.162. The lowest BCUT2D eigenvalue weighted by Gasteiger charge is -2.13. The van der Waals surface area contributed by atoms with Crippen molar-refractivity contribution in [3.8, 4) is 0 Å². The first-order chi connectivity index (χ1) is 11.2. The van der Waals surface area contributed by atoms with E-state index in [-0.39, 0.29) is 19.1 Å². The van der Waals surface area contributed by atoms with E-state index in [1.807, 2.05) is 19.1 Å². The Morgan fingerprint density at radius 3 is 2.57 bits per heavy atom. The fourth-order valence-corrected chi connectivity index (χ4v) is 2.69. The normalized spacial score (nSPS) is 10.4. The Kier molecular flexibility index (Phi) is 6.50. The van der Waals surface area contributed by atoms with Gasteiger partial charge in [0.15, 0.2) is 0 Å². The van der Waals surface area contributed by atoms with Gasteiger partial charge in [0.1, 0.15) is 0 Å². The third-order valence-electron chi connectivity index (χ3n) is 3.62. The van der Waals surface area contributed by atoms with E-state index in [9.17, 15) is 4.79 Å². The summed E-state index contributed by atoms with van der Waals surface area (Å²) in [5, 5.41) is 14.9. The van der Waals surface area contributed by atoms with Gasteiger partial charge in [-0.25, -0.2) is 0 Å². The Bertz CT molecular complexity index is 657. The van der Waals surface area contributed by atoms with Gasteiger partial charge >= 0.3 is 0 Å². The summed E-state index contributed by atoms with van der Waals surface area (Å²) in [6.07, 6.45) is 2.06. The van der Waals surface area contributed by atoms with Crippen molar-refractivity contribution in [3.63, 3.8) is 0 Å². The van der Waals surface area contributed by atoms with Crippen molar-refractivity contribution >= 4 is 23.4 Å². The van der Waals surface area contributed by atoms with Crippen LogP contribution in [0.5, 0.6) is 0 Å². The van der Waals surface area contributed by atoms with Crippen LogP contribution in [0.15, 0.2) is 47.4 Å². The Morgan fingerprint density at radius 2 is 1.91 bits per heavy atom. The van der Waals surface area contributed by atoms with Crippen LogP contribution in [0.3, 0.4) is 0 Å². The van der Waals surface area contributed by atoms with Crippen molar-refractivity contribution in [1.29, 1.82) is 0 Å². The van der Waals surface area contributed by atoms with Crippen LogP contribution in [-0.2, 0) is 6.54 Å². The molecule has 122 valence electrons. The number of amides is 1. The highest BCUT2D eigenvalue weighted by molar-refractivity contribution is 7.98. The lowest BCUT2D eigenvalue weighted by molar-refractivity contribution is 0.0944. The molecule has 2 aromatic carbocycles. The maximum atomic E-state index is 12.1. The Balaban J connectivity index is 2.06. The first kappa shape index (κ1) is 17.4. The predicted octanol–water partition coefficient (Wildman–Crippen LogP) is 3.05. The summed E-state index contributed by atoms with van der Waals surface area (Å²) in [6.45, 7) is 2.83. The zero-order chi connectivity index (χ0) is 16.7. The van der Waals surface area contributed by atoms with E-state index < -0.39 is 0 Å². The van der Waals surface area contributed by atoms with Crippen LogP contribution in [-0.4, -0.2) is 30.4 Å². The van der Waals surface area contributed by atoms with E-state index in [1.54, 1.807) is 17.8 Å². The first-order valence-electron chi connectivity index (χ1n) is 7.51. The van der Waals surface area contributed by atoms with E-state index >= 15 is 0 Å². The van der Waals surface area contributed by atoms with Crippen LogP contribution in [0.25, 0.3) is 0 Å². The van der Waals surface area contributed by atoms with Gasteiger partial charge in [-0.15, -0.1) is 11.8 Å². The largest absolute Gasteiger partial charge is 0.395 e. The van der Waals surface area contributed by atoms with Crippen LogP contribution in [0.2, 0.25) is 0 Å². The summed E-state index contributed by atoms with van der Waals surface area (Å²) >= 11 is 1.72. The van der Waals surface area contributed by atoms with Gasteiger partial charge in [-0.1, -0.05) is 18.2 Å². The van der Waals surface area contributed by atoms with Crippen molar-refractivity contribution in [2.45, 2.75) is 18.4 Å². The molecular formula is C18H22N2O2S. The maximum absolute atomic E-state index is 12.1. The minimum Gasteiger partial charge on any atom is -0.395 e. The molecule has 0 aromatic heterocycles. The van der Waals surface area contributed by atoms with Crippen LogP contribution < -0.4 is 10.6 Å². The van der Waals surface area contributed by atoms with Crippen LogP contribution >= 0.6 is 11.8 Å². The second-order valence-electron chi connectivity index (χ2n) is 5.16. The molecule has 0 heterocycles. The molecule has 0 unspecified atom stereocenters.